The number of pyridine rings is 2. The Hall–Kier alpha value is -5.46. The normalized spacial score (nSPS) is 10.3. The van der Waals surface area contributed by atoms with E-state index in [-0.39, 0.29) is 4.88 Å². The Morgan fingerprint density at radius 1 is 1.12 bits per heavy atom. The minimum Gasteiger partial charge on any atom is -0.492 e. The van der Waals surface area contributed by atoms with Gasteiger partial charge in [-0.15, -0.1) is 16.3 Å². The highest BCUT2D eigenvalue weighted by atomic mass is 32.1. The quantitative estimate of drug-likeness (QED) is 0.220. The van der Waals surface area contributed by atoms with E-state index in [0.29, 0.717) is 57.6 Å². The lowest BCUT2D eigenvalue weighted by Crippen LogP contribution is -2.05. The Bertz CT molecular complexity index is 1750. The largest absolute Gasteiger partial charge is 0.492 e. The lowest BCUT2D eigenvalue weighted by molar-refractivity contribution is 0.0701. The van der Waals surface area contributed by atoms with Crippen LogP contribution in [0.4, 0.5) is 5.82 Å². The maximum Gasteiger partial charge on any atom is 0.347 e. The smallest absolute Gasteiger partial charge is 0.347 e. The Labute approximate surface area is 240 Å². The number of carboxylic acids is 1. The van der Waals surface area contributed by atoms with Gasteiger partial charge >= 0.3 is 5.97 Å². The summed E-state index contributed by atoms with van der Waals surface area (Å²) < 4.78 is 5.61. The van der Waals surface area contributed by atoms with Gasteiger partial charge in [0.15, 0.2) is 11.6 Å². The summed E-state index contributed by atoms with van der Waals surface area (Å²) in [6.45, 7) is 13.2. The van der Waals surface area contributed by atoms with E-state index in [9.17, 15) is 10.1 Å². The highest BCUT2D eigenvalue weighted by Crippen LogP contribution is 2.31. The molecule has 5 rings (SSSR count). The molecule has 0 saturated carbocycles. The van der Waals surface area contributed by atoms with Crippen LogP contribution in [0.15, 0.2) is 61.1 Å². The average molecular weight is 565 g/mol. The van der Waals surface area contributed by atoms with Crippen LogP contribution in [0.2, 0.25) is 0 Å². The summed E-state index contributed by atoms with van der Waals surface area (Å²) in [7, 11) is 0. The highest BCUT2D eigenvalue weighted by molar-refractivity contribution is 7.17. The molecule has 41 heavy (non-hydrogen) atoms. The predicted octanol–water partition coefficient (Wildman–Crippen LogP) is 6.20. The summed E-state index contributed by atoms with van der Waals surface area (Å²) in [5.41, 5.74) is 3.29. The number of thiazole rings is 1. The fourth-order valence-electron chi connectivity index (χ4n) is 3.50. The van der Waals surface area contributed by atoms with E-state index in [1.165, 1.54) is 0 Å². The summed E-state index contributed by atoms with van der Waals surface area (Å²) >= 11 is 1.10. The van der Waals surface area contributed by atoms with Crippen molar-refractivity contribution in [1.29, 1.82) is 5.26 Å². The van der Waals surface area contributed by atoms with Gasteiger partial charge in [-0.05, 0) is 55.3 Å². The molecule has 11 nitrogen and oxygen atoms in total. The molecule has 0 atom stereocenters. The van der Waals surface area contributed by atoms with E-state index >= 15 is 0 Å². The number of rotatable bonds is 7. The van der Waals surface area contributed by atoms with Crippen molar-refractivity contribution in [2.24, 2.45) is 5.92 Å². The third kappa shape index (κ3) is 7.15. The number of nitrogens with one attached hydrogen (secondary N) is 1. The van der Waals surface area contributed by atoms with Crippen LogP contribution in [0.5, 0.6) is 5.75 Å². The molecule has 4 heterocycles. The number of hydrogen-bond acceptors (Lipinski definition) is 9. The van der Waals surface area contributed by atoms with Gasteiger partial charge in [-0.3, -0.25) is 10.1 Å². The number of aromatic nitrogens is 6. The number of ether oxygens (including phenoxy) is 1. The van der Waals surface area contributed by atoms with Crippen molar-refractivity contribution >= 4 is 23.1 Å². The van der Waals surface area contributed by atoms with Crippen molar-refractivity contribution in [1.82, 2.24) is 30.1 Å². The number of nitrogens with zero attached hydrogens (tertiary/aromatic N) is 7. The molecule has 4 aromatic heterocycles. The maximum atomic E-state index is 11.1. The first-order valence-corrected chi connectivity index (χ1v) is 13.2. The number of aryl methyl sites for hydroxylation is 1. The number of H-pyrrole nitrogens is 1. The van der Waals surface area contributed by atoms with Crippen LogP contribution < -0.4 is 4.74 Å². The van der Waals surface area contributed by atoms with Crippen LogP contribution in [-0.2, 0) is 0 Å². The maximum absolute atomic E-state index is 11.1. The van der Waals surface area contributed by atoms with Gasteiger partial charge in [-0.25, -0.2) is 14.8 Å². The molecule has 0 bridgehead atoms. The van der Waals surface area contributed by atoms with Crippen molar-refractivity contribution in [3.63, 3.8) is 0 Å². The summed E-state index contributed by atoms with van der Waals surface area (Å²) in [6, 6.07) is 14.4. The molecule has 0 fully saturated rings. The molecule has 0 radical (unpaired) electrons. The number of carboxylic acid groups (broad SMARTS) is 1. The van der Waals surface area contributed by atoms with Gasteiger partial charge in [-0.1, -0.05) is 20.4 Å². The van der Waals surface area contributed by atoms with Gasteiger partial charge in [0.25, 0.3) is 5.82 Å². The number of aromatic amines is 1. The van der Waals surface area contributed by atoms with Crippen LogP contribution in [0.3, 0.4) is 0 Å². The zero-order chi connectivity index (χ0) is 29.4. The van der Waals surface area contributed by atoms with Crippen LogP contribution in [0, 0.1) is 30.7 Å². The van der Waals surface area contributed by atoms with Crippen LogP contribution in [0.25, 0.3) is 38.2 Å². The van der Waals surface area contributed by atoms with E-state index in [0.717, 1.165) is 22.5 Å². The molecular weight excluding hydrogens is 540 g/mol. The standard InChI is InChI=1S/C16H16N2O3S.C13H8N6/c1-9(2)8-21-13-5-4-11(6-12(13)7-17)15-18-10(3)14(22-15)16(19)20;1-14-11-8-10(4-7-16-11)13-17-12(18-19-13)9-2-5-15-6-3-9/h4-6,9H,8H2,1-3H3,(H,19,20);2-8H,(H,17,18,19). The minimum absolute atomic E-state index is 0.216. The average Bonchev–Trinajstić information content (AvgIpc) is 3.64. The Balaban J connectivity index is 0.000000191. The van der Waals surface area contributed by atoms with Crippen LogP contribution >= 0.6 is 11.3 Å². The minimum atomic E-state index is -0.987. The SMILES string of the molecule is Cc1nc(-c2ccc(OCC(C)C)c(C#N)c2)sc1C(=O)O.[C-]#[N+]c1cc(-c2n[nH]c(-c3ccncc3)n2)ccn1. The van der Waals surface area contributed by atoms with Gasteiger partial charge in [0.1, 0.15) is 27.9 Å². The fourth-order valence-corrected chi connectivity index (χ4v) is 4.40. The molecule has 0 aliphatic rings. The number of hydrogen-bond donors (Lipinski definition) is 2. The zero-order valence-electron chi connectivity index (χ0n) is 22.4. The molecule has 204 valence electrons. The molecule has 0 saturated heterocycles. The van der Waals surface area contributed by atoms with E-state index in [1.807, 2.05) is 26.0 Å². The summed E-state index contributed by atoms with van der Waals surface area (Å²) in [5.74, 6) is 1.45. The monoisotopic (exact) mass is 564 g/mol. The second-order valence-corrected chi connectivity index (χ2v) is 10.0. The molecule has 0 amide bonds. The van der Waals surface area contributed by atoms with Crippen molar-refractivity contribution in [2.75, 3.05) is 6.61 Å². The van der Waals surface area contributed by atoms with Gasteiger partial charge in [0.2, 0.25) is 0 Å². The Morgan fingerprint density at radius 3 is 2.54 bits per heavy atom. The highest BCUT2D eigenvalue weighted by Gasteiger charge is 2.16. The van der Waals surface area contributed by atoms with Crippen LogP contribution in [0.1, 0.15) is 34.8 Å². The lowest BCUT2D eigenvalue weighted by Gasteiger charge is -2.10. The Morgan fingerprint density at radius 2 is 1.88 bits per heavy atom. The second kappa shape index (κ2) is 13.1. The first kappa shape index (κ1) is 28.5. The third-order valence-corrected chi connectivity index (χ3v) is 6.66. The molecule has 0 unspecified atom stereocenters. The molecule has 0 aliphatic heterocycles. The van der Waals surface area contributed by atoms with Gasteiger partial charge in [0, 0.05) is 29.1 Å². The number of carbonyl (C=O) groups is 1. The fraction of sp³-hybridized carbons (Fsp3) is 0.172. The summed E-state index contributed by atoms with van der Waals surface area (Å²) in [4.78, 5) is 31.1. The van der Waals surface area contributed by atoms with E-state index in [1.54, 1.807) is 55.8 Å². The summed E-state index contributed by atoms with van der Waals surface area (Å²) in [5, 5.41) is 26.0. The number of benzene rings is 1. The first-order valence-electron chi connectivity index (χ1n) is 12.3. The topological polar surface area (TPSA) is 155 Å². The van der Waals surface area contributed by atoms with Gasteiger partial charge < -0.3 is 14.7 Å². The van der Waals surface area contributed by atoms with Crippen molar-refractivity contribution < 1.29 is 14.6 Å². The number of aromatic carboxylic acids is 1. The van der Waals surface area contributed by atoms with Crippen LogP contribution in [-0.4, -0.2) is 47.8 Å². The Kier molecular flexibility index (Phi) is 9.09. The molecule has 5 aromatic rings. The van der Waals surface area contributed by atoms with Gasteiger partial charge in [-0.2, -0.15) is 10.4 Å². The predicted molar refractivity (Wildman–Crippen MR) is 153 cm³/mol. The van der Waals surface area contributed by atoms with Crippen molar-refractivity contribution in [3.8, 4) is 45.2 Å². The van der Waals surface area contributed by atoms with Crippen molar-refractivity contribution in [3.05, 3.63) is 88.6 Å². The molecule has 12 heteroatoms. The van der Waals surface area contributed by atoms with E-state index in [2.05, 4.69) is 41.0 Å². The van der Waals surface area contributed by atoms with Crippen molar-refractivity contribution in [2.45, 2.75) is 20.8 Å². The third-order valence-electron chi connectivity index (χ3n) is 5.47. The molecular formula is C29H24N8O3S. The second-order valence-electron chi connectivity index (χ2n) is 9.02. The van der Waals surface area contributed by atoms with E-state index < -0.39 is 5.97 Å². The number of nitriles is 1. The molecule has 0 aliphatic carbocycles. The summed E-state index contributed by atoms with van der Waals surface area (Å²) in [6.07, 6.45) is 4.97. The van der Waals surface area contributed by atoms with Gasteiger partial charge in [0.05, 0.1) is 17.9 Å². The molecule has 1 aromatic carbocycles. The first-order chi connectivity index (χ1) is 19.8. The molecule has 0 spiro atoms. The molecule has 2 N–H and O–H groups in total. The van der Waals surface area contributed by atoms with E-state index in [4.69, 9.17) is 16.4 Å². The zero-order valence-corrected chi connectivity index (χ0v) is 23.2. The lowest BCUT2D eigenvalue weighted by atomic mass is 10.1.